The smallest absolute Gasteiger partial charge is 0.226 e. The van der Waals surface area contributed by atoms with Crippen LogP contribution in [0.2, 0.25) is 0 Å². The van der Waals surface area contributed by atoms with E-state index in [0.717, 1.165) is 45.2 Å². The van der Waals surface area contributed by atoms with Crippen LogP contribution in [-0.4, -0.2) is 28.4 Å². The summed E-state index contributed by atoms with van der Waals surface area (Å²) in [4.78, 5) is 19.5. The number of pyridine rings is 1. The molecule has 0 aromatic carbocycles. The highest BCUT2D eigenvalue weighted by Gasteiger charge is 2.32. The third-order valence-corrected chi connectivity index (χ3v) is 5.80. The first-order valence-electron chi connectivity index (χ1n) is 11.1. The molecule has 3 atom stereocenters. The molecule has 1 amide bonds. The van der Waals surface area contributed by atoms with Crippen molar-refractivity contribution in [3.8, 4) is 0 Å². The molecular formula is C23H39N3O. The van der Waals surface area contributed by atoms with E-state index in [9.17, 15) is 4.79 Å². The number of nitrogens with zero attached hydrogens (tertiary/aromatic N) is 2. The molecule has 1 aromatic heterocycles. The number of fused-ring (bicyclic) bond motifs is 1. The normalized spacial score (nSPS) is 22.6. The number of amides is 1. The average Bonchev–Trinajstić information content (AvgIpc) is 3.11. The zero-order valence-electron chi connectivity index (χ0n) is 17.8. The van der Waals surface area contributed by atoms with Gasteiger partial charge in [0.2, 0.25) is 5.91 Å². The van der Waals surface area contributed by atoms with Gasteiger partial charge < -0.3 is 10.6 Å². The van der Waals surface area contributed by atoms with Gasteiger partial charge in [0.15, 0.2) is 0 Å². The van der Waals surface area contributed by atoms with Gasteiger partial charge in [-0.15, -0.1) is 0 Å². The van der Waals surface area contributed by atoms with Crippen LogP contribution >= 0.6 is 0 Å². The van der Waals surface area contributed by atoms with Crippen LogP contribution in [0.1, 0.15) is 95.4 Å². The summed E-state index contributed by atoms with van der Waals surface area (Å²) in [7, 11) is 0. The van der Waals surface area contributed by atoms with Crippen LogP contribution in [0.4, 0.5) is 0 Å². The fraction of sp³-hybridized carbons (Fsp3) is 0.739. The van der Waals surface area contributed by atoms with Gasteiger partial charge in [-0.25, -0.2) is 0 Å². The average molecular weight is 374 g/mol. The summed E-state index contributed by atoms with van der Waals surface area (Å²) < 4.78 is 0. The van der Waals surface area contributed by atoms with Gasteiger partial charge in [0, 0.05) is 43.4 Å². The van der Waals surface area contributed by atoms with Crippen molar-refractivity contribution in [2.24, 2.45) is 11.7 Å². The molecule has 1 fully saturated rings. The lowest BCUT2D eigenvalue weighted by Gasteiger charge is -2.31. The third-order valence-electron chi connectivity index (χ3n) is 5.80. The van der Waals surface area contributed by atoms with Crippen LogP contribution in [0, 0.1) is 5.92 Å². The molecule has 0 radical (unpaired) electrons. The minimum Gasteiger partial charge on any atom is -0.338 e. The summed E-state index contributed by atoms with van der Waals surface area (Å²) in [6.45, 7) is 10.3. The van der Waals surface area contributed by atoms with E-state index in [-0.39, 0.29) is 12.0 Å². The Bertz CT molecular complexity index is 601. The molecule has 4 heteroatoms. The molecule has 0 bridgehead atoms. The van der Waals surface area contributed by atoms with Crippen molar-refractivity contribution < 1.29 is 4.79 Å². The van der Waals surface area contributed by atoms with Crippen LogP contribution < -0.4 is 5.73 Å². The molecule has 2 heterocycles. The molecule has 2 aliphatic rings. The molecule has 0 saturated heterocycles. The third kappa shape index (κ3) is 5.78. The maximum absolute atomic E-state index is 12.8. The van der Waals surface area contributed by atoms with Crippen LogP contribution in [0.25, 0.3) is 0 Å². The van der Waals surface area contributed by atoms with E-state index in [1.165, 1.54) is 36.1 Å². The Balaban J connectivity index is 0.000000817. The molecule has 1 aromatic rings. The van der Waals surface area contributed by atoms with Crippen LogP contribution in [0.15, 0.2) is 12.3 Å². The van der Waals surface area contributed by atoms with Crippen LogP contribution in [0.3, 0.4) is 0 Å². The summed E-state index contributed by atoms with van der Waals surface area (Å²) in [5.41, 5.74) is 9.76. The number of carbonyl (C=O) groups excluding carboxylic acids is 1. The summed E-state index contributed by atoms with van der Waals surface area (Å²) in [6.07, 6.45) is 10.5. The van der Waals surface area contributed by atoms with E-state index in [4.69, 9.17) is 10.7 Å². The molecule has 2 N–H and O–H groups in total. The molecule has 3 unspecified atom stereocenters. The highest BCUT2D eigenvalue weighted by molar-refractivity contribution is 5.79. The number of nitrogens with two attached hydrogens (primary N) is 1. The Morgan fingerprint density at radius 3 is 2.63 bits per heavy atom. The number of aromatic nitrogens is 1. The predicted molar refractivity (Wildman–Crippen MR) is 113 cm³/mol. The van der Waals surface area contributed by atoms with Crippen LogP contribution in [0.5, 0.6) is 0 Å². The van der Waals surface area contributed by atoms with Gasteiger partial charge >= 0.3 is 0 Å². The molecular weight excluding hydrogens is 334 g/mol. The molecule has 4 nitrogen and oxygen atoms in total. The highest BCUT2D eigenvalue weighted by atomic mass is 16.2. The van der Waals surface area contributed by atoms with E-state index in [1.807, 2.05) is 4.90 Å². The first kappa shape index (κ1) is 21.9. The monoisotopic (exact) mass is 373 g/mol. The lowest BCUT2D eigenvalue weighted by molar-refractivity contribution is -0.136. The molecule has 3 rings (SSSR count). The molecule has 0 spiro atoms. The van der Waals surface area contributed by atoms with Crippen molar-refractivity contribution in [3.05, 3.63) is 29.1 Å². The summed E-state index contributed by atoms with van der Waals surface area (Å²) in [6, 6.07) is 2.52. The van der Waals surface area contributed by atoms with Gasteiger partial charge in [0.05, 0.1) is 0 Å². The molecule has 27 heavy (non-hydrogen) atoms. The summed E-state index contributed by atoms with van der Waals surface area (Å²) in [5.74, 6) is 1.03. The fourth-order valence-electron chi connectivity index (χ4n) is 4.31. The van der Waals surface area contributed by atoms with Gasteiger partial charge in [0.25, 0.3) is 0 Å². The van der Waals surface area contributed by atoms with Crippen molar-refractivity contribution in [1.82, 2.24) is 9.88 Å². The molecule has 152 valence electrons. The Hall–Kier alpha value is -1.42. The summed E-state index contributed by atoms with van der Waals surface area (Å²) >= 11 is 0. The van der Waals surface area contributed by atoms with Crippen LogP contribution in [-0.2, 0) is 17.8 Å². The summed E-state index contributed by atoms with van der Waals surface area (Å²) in [5, 5.41) is 0. The standard InChI is InChI=1S/C20H31N3O.C3H8/c1-3-5-14(4-2)16-10-17-13-23(9-8-19(17)22-12-16)20(24)15-6-7-18(21)11-15;1-3-2/h10,12,14-15,18H,3-9,11,13,21H2,1-2H3;3H2,1-2H3. The zero-order valence-corrected chi connectivity index (χ0v) is 17.8. The second-order valence-electron chi connectivity index (χ2n) is 8.26. The second kappa shape index (κ2) is 10.8. The van der Waals surface area contributed by atoms with Crippen molar-refractivity contribution in [2.75, 3.05) is 6.54 Å². The Labute approximate surface area is 165 Å². The highest BCUT2D eigenvalue weighted by Crippen LogP contribution is 2.30. The van der Waals surface area contributed by atoms with E-state index in [2.05, 4.69) is 40.0 Å². The van der Waals surface area contributed by atoms with Crippen molar-refractivity contribution in [1.29, 1.82) is 0 Å². The largest absolute Gasteiger partial charge is 0.338 e. The van der Waals surface area contributed by atoms with E-state index in [1.54, 1.807) is 0 Å². The maximum Gasteiger partial charge on any atom is 0.226 e. The zero-order chi connectivity index (χ0) is 19.8. The molecule has 1 aliphatic carbocycles. The van der Waals surface area contributed by atoms with Crippen molar-refractivity contribution >= 4 is 5.91 Å². The number of hydrogen-bond acceptors (Lipinski definition) is 3. The Kier molecular flexibility index (Phi) is 8.75. The quantitative estimate of drug-likeness (QED) is 0.806. The number of rotatable bonds is 5. The minimum absolute atomic E-state index is 0.140. The predicted octanol–water partition coefficient (Wildman–Crippen LogP) is 4.80. The lowest BCUT2D eigenvalue weighted by Crippen LogP contribution is -2.39. The SMILES string of the molecule is CCC.CCCC(CC)c1cnc2c(c1)CN(C(=O)C1CCC(N)C1)CC2. The van der Waals surface area contributed by atoms with Gasteiger partial charge in [-0.2, -0.15) is 0 Å². The number of hydrogen-bond donors (Lipinski definition) is 1. The first-order chi connectivity index (χ1) is 13.0. The van der Waals surface area contributed by atoms with Crippen molar-refractivity contribution in [2.45, 2.75) is 97.6 Å². The Morgan fingerprint density at radius 1 is 1.30 bits per heavy atom. The lowest BCUT2D eigenvalue weighted by atomic mass is 9.91. The van der Waals surface area contributed by atoms with Gasteiger partial charge in [-0.3, -0.25) is 9.78 Å². The topological polar surface area (TPSA) is 59.2 Å². The van der Waals surface area contributed by atoms with Gasteiger partial charge in [-0.05, 0) is 49.1 Å². The number of carbonyl (C=O) groups is 1. The first-order valence-corrected chi connectivity index (χ1v) is 11.1. The van der Waals surface area contributed by atoms with E-state index in [0.29, 0.717) is 11.8 Å². The fourth-order valence-corrected chi connectivity index (χ4v) is 4.31. The van der Waals surface area contributed by atoms with Gasteiger partial charge in [0.1, 0.15) is 0 Å². The maximum atomic E-state index is 12.8. The minimum atomic E-state index is 0.140. The molecule has 1 saturated carbocycles. The van der Waals surface area contributed by atoms with Crippen molar-refractivity contribution in [3.63, 3.8) is 0 Å². The van der Waals surface area contributed by atoms with E-state index >= 15 is 0 Å². The second-order valence-corrected chi connectivity index (χ2v) is 8.26. The Morgan fingerprint density at radius 2 is 2.04 bits per heavy atom. The molecule has 1 aliphatic heterocycles. The van der Waals surface area contributed by atoms with E-state index < -0.39 is 0 Å². The van der Waals surface area contributed by atoms with Gasteiger partial charge in [-0.1, -0.05) is 46.6 Å².